The molecule has 0 atom stereocenters. The first-order valence-electron chi connectivity index (χ1n) is 7.79. The molecule has 0 aliphatic carbocycles. The molecular weight excluding hydrogens is 384 g/mol. The molecule has 0 saturated carbocycles. The summed E-state index contributed by atoms with van der Waals surface area (Å²) in [4.78, 5) is 5.55. The van der Waals surface area contributed by atoms with Crippen LogP contribution in [0.5, 0.6) is 0 Å². The third-order valence-corrected chi connectivity index (χ3v) is 6.48. The number of aromatic nitrogens is 1. The van der Waals surface area contributed by atoms with Crippen LogP contribution in [0.1, 0.15) is 12.1 Å². The molecule has 9 heteroatoms. The maximum Gasteiger partial charge on any atom is 0.183 e. The summed E-state index contributed by atoms with van der Waals surface area (Å²) in [6, 6.07) is 5.01. The predicted octanol–water partition coefficient (Wildman–Crippen LogP) is 3.35. The van der Waals surface area contributed by atoms with Crippen molar-refractivity contribution in [3.63, 3.8) is 0 Å². The number of thiazole rings is 1. The SMILES string of the molecule is Cc1nc(NCCC2OCCO2)sc1-c1ccc(Cl)c(S(C)(=O)=O)c1. The summed E-state index contributed by atoms with van der Waals surface area (Å²) in [5, 5.41) is 4.27. The van der Waals surface area contributed by atoms with Crippen molar-refractivity contribution in [2.24, 2.45) is 0 Å². The lowest BCUT2D eigenvalue weighted by Crippen LogP contribution is -2.13. The van der Waals surface area contributed by atoms with Gasteiger partial charge in [-0.2, -0.15) is 0 Å². The number of halogens is 1. The zero-order chi connectivity index (χ0) is 18.0. The number of anilines is 1. The van der Waals surface area contributed by atoms with Crippen molar-refractivity contribution in [2.75, 3.05) is 31.3 Å². The molecule has 0 radical (unpaired) electrons. The lowest BCUT2D eigenvalue weighted by Gasteiger charge is -2.08. The fourth-order valence-electron chi connectivity index (χ4n) is 2.54. The molecule has 0 amide bonds. The summed E-state index contributed by atoms with van der Waals surface area (Å²) in [5.74, 6) is 0. The van der Waals surface area contributed by atoms with Crippen molar-refractivity contribution in [3.05, 3.63) is 28.9 Å². The molecule has 6 nitrogen and oxygen atoms in total. The first-order chi connectivity index (χ1) is 11.8. The van der Waals surface area contributed by atoms with Crippen LogP contribution in [-0.4, -0.2) is 45.7 Å². The van der Waals surface area contributed by atoms with Crippen molar-refractivity contribution in [2.45, 2.75) is 24.5 Å². The van der Waals surface area contributed by atoms with Crippen LogP contribution in [0.15, 0.2) is 23.1 Å². The van der Waals surface area contributed by atoms with Gasteiger partial charge in [-0.15, -0.1) is 0 Å². The molecule has 1 fully saturated rings. The maximum atomic E-state index is 11.9. The predicted molar refractivity (Wildman–Crippen MR) is 99.2 cm³/mol. The highest BCUT2D eigenvalue weighted by Gasteiger charge is 2.18. The van der Waals surface area contributed by atoms with Gasteiger partial charge in [-0.25, -0.2) is 13.4 Å². The molecule has 1 aromatic heterocycles. The highest BCUT2D eigenvalue weighted by molar-refractivity contribution is 7.90. The fourth-order valence-corrected chi connectivity index (χ4v) is 4.83. The van der Waals surface area contributed by atoms with E-state index in [-0.39, 0.29) is 16.2 Å². The third-order valence-electron chi connectivity index (χ3n) is 3.74. The molecule has 2 heterocycles. The maximum absolute atomic E-state index is 11.9. The Morgan fingerprint density at radius 2 is 2.08 bits per heavy atom. The van der Waals surface area contributed by atoms with Crippen LogP contribution in [0.4, 0.5) is 5.13 Å². The van der Waals surface area contributed by atoms with Crippen molar-refractivity contribution in [1.29, 1.82) is 0 Å². The molecule has 2 aromatic rings. The van der Waals surface area contributed by atoms with Gasteiger partial charge in [0.1, 0.15) is 0 Å². The Morgan fingerprint density at radius 3 is 2.76 bits per heavy atom. The number of rotatable bonds is 6. The molecular formula is C16H19ClN2O4S2. The molecule has 0 bridgehead atoms. The van der Waals surface area contributed by atoms with Gasteiger partial charge >= 0.3 is 0 Å². The number of nitrogens with one attached hydrogen (secondary N) is 1. The Morgan fingerprint density at radius 1 is 1.36 bits per heavy atom. The van der Waals surface area contributed by atoms with Crippen LogP contribution in [0.25, 0.3) is 10.4 Å². The van der Waals surface area contributed by atoms with E-state index in [0.717, 1.165) is 33.9 Å². The molecule has 25 heavy (non-hydrogen) atoms. The molecule has 1 aromatic carbocycles. The van der Waals surface area contributed by atoms with Gasteiger partial charge in [-0.05, 0) is 24.6 Å². The van der Waals surface area contributed by atoms with E-state index in [1.54, 1.807) is 12.1 Å². The highest BCUT2D eigenvalue weighted by atomic mass is 35.5. The molecule has 1 aliphatic heterocycles. The van der Waals surface area contributed by atoms with Crippen LogP contribution < -0.4 is 5.32 Å². The minimum absolute atomic E-state index is 0.129. The number of ether oxygens (including phenoxy) is 2. The van der Waals surface area contributed by atoms with Crippen LogP contribution in [0.2, 0.25) is 5.02 Å². The van der Waals surface area contributed by atoms with Crippen LogP contribution in [0.3, 0.4) is 0 Å². The van der Waals surface area contributed by atoms with Gasteiger partial charge in [-0.1, -0.05) is 29.0 Å². The summed E-state index contributed by atoms with van der Waals surface area (Å²) in [6.07, 6.45) is 1.74. The average molecular weight is 403 g/mol. The zero-order valence-electron chi connectivity index (χ0n) is 13.9. The van der Waals surface area contributed by atoms with Crippen LogP contribution in [0, 0.1) is 6.92 Å². The monoisotopic (exact) mass is 402 g/mol. The van der Waals surface area contributed by atoms with Crippen molar-refractivity contribution < 1.29 is 17.9 Å². The van der Waals surface area contributed by atoms with Crippen molar-refractivity contribution in [1.82, 2.24) is 4.98 Å². The normalized spacial score (nSPS) is 15.6. The molecule has 3 rings (SSSR count). The number of aryl methyl sites for hydroxylation is 1. The standard InChI is InChI=1S/C16H19ClN2O4S2/c1-10-15(11-3-4-12(17)13(9-11)25(2,20)21)24-16(19-10)18-6-5-14-22-7-8-23-14/h3-4,9,14H,5-8H2,1-2H3,(H,18,19). The molecule has 1 saturated heterocycles. The molecule has 136 valence electrons. The van der Waals surface area contributed by atoms with Crippen molar-refractivity contribution in [3.8, 4) is 10.4 Å². The number of hydrogen-bond donors (Lipinski definition) is 1. The van der Waals surface area contributed by atoms with Gasteiger partial charge in [0.15, 0.2) is 21.3 Å². The van der Waals surface area contributed by atoms with E-state index >= 15 is 0 Å². The minimum Gasteiger partial charge on any atom is -0.361 e. The van der Waals surface area contributed by atoms with Gasteiger partial charge in [0.2, 0.25) is 0 Å². The van der Waals surface area contributed by atoms with E-state index in [4.69, 9.17) is 21.1 Å². The second kappa shape index (κ2) is 7.59. The van der Waals surface area contributed by atoms with E-state index in [1.807, 2.05) is 13.0 Å². The Bertz CT molecular complexity index is 861. The van der Waals surface area contributed by atoms with E-state index in [1.165, 1.54) is 11.3 Å². The Labute approximate surface area is 156 Å². The highest BCUT2D eigenvalue weighted by Crippen LogP contribution is 2.35. The fraction of sp³-hybridized carbons (Fsp3) is 0.438. The van der Waals surface area contributed by atoms with E-state index < -0.39 is 9.84 Å². The summed E-state index contributed by atoms with van der Waals surface area (Å²) in [5.41, 5.74) is 1.62. The molecule has 1 aliphatic rings. The Hall–Kier alpha value is -1.19. The lowest BCUT2D eigenvalue weighted by molar-refractivity contribution is -0.0439. The van der Waals surface area contributed by atoms with Crippen LogP contribution in [-0.2, 0) is 19.3 Å². The average Bonchev–Trinajstić information content (AvgIpc) is 3.17. The summed E-state index contributed by atoms with van der Waals surface area (Å²) in [6.45, 7) is 3.87. The molecule has 0 unspecified atom stereocenters. The minimum atomic E-state index is -3.38. The van der Waals surface area contributed by atoms with Gasteiger partial charge in [0, 0.05) is 19.2 Å². The number of hydrogen-bond acceptors (Lipinski definition) is 7. The van der Waals surface area contributed by atoms with Crippen molar-refractivity contribution >= 4 is 37.9 Å². The zero-order valence-corrected chi connectivity index (χ0v) is 16.3. The third kappa shape index (κ3) is 4.51. The van der Waals surface area contributed by atoms with E-state index in [9.17, 15) is 8.42 Å². The van der Waals surface area contributed by atoms with E-state index in [2.05, 4.69) is 10.3 Å². The summed E-state index contributed by atoms with van der Waals surface area (Å²) < 4.78 is 34.5. The number of benzene rings is 1. The number of nitrogens with zero attached hydrogens (tertiary/aromatic N) is 1. The first-order valence-corrected chi connectivity index (χ1v) is 10.9. The number of sulfone groups is 1. The smallest absolute Gasteiger partial charge is 0.183 e. The van der Waals surface area contributed by atoms with Gasteiger partial charge < -0.3 is 14.8 Å². The summed E-state index contributed by atoms with van der Waals surface area (Å²) in [7, 11) is -3.38. The second-order valence-electron chi connectivity index (χ2n) is 5.74. The second-order valence-corrected chi connectivity index (χ2v) is 9.13. The van der Waals surface area contributed by atoms with Crippen LogP contribution >= 0.6 is 22.9 Å². The van der Waals surface area contributed by atoms with E-state index in [0.29, 0.717) is 19.8 Å². The summed E-state index contributed by atoms with van der Waals surface area (Å²) >= 11 is 7.50. The quantitative estimate of drug-likeness (QED) is 0.798. The topological polar surface area (TPSA) is 77.5 Å². The molecule has 0 spiro atoms. The van der Waals surface area contributed by atoms with Gasteiger partial charge in [-0.3, -0.25) is 0 Å². The Kier molecular flexibility index (Phi) is 5.65. The largest absolute Gasteiger partial charge is 0.361 e. The van der Waals surface area contributed by atoms with Gasteiger partial charge in [0.05, 0.1) is 33.7 Å². The van der Waals surface area contributed by atoms with Gasteiger partial charge in [0.25, 0.3) is 0 Å². The first kappa shape index (κ1) is 18.6. The molecule has 1 N–H and O–H groups in total. The lowest BCUT2D eigenvalue weighted by atomic mass is 10.2. The Balaban J connectivity index is 1.76.